The first kappa shape index (κ1) is 15.4. The molecule has 21 heavy (non-hydrogen) atoms. The minimum atomic E-state index is -3.50. The predicted molar refractivity (Wildman–Crippen MR) is 79.9 cm³/mol. The quantitative estimate of drug-likeness (QED) is 0.840. The molecule has 1 aromatic carbocycles. The van der Waals surface area contributed by atoms with Gasteiger partial charge in [0.05, 0.1) is 10.5 Å². The SMILES string of the molecule is CNS(=O)(=O)c1ccc(NC(=O)c2cccnc2Cl)cc1. The zero-order valence-electron chi connectivity index (χ0n) is 11.0. The third-order valence-electron chi connectivity index (χ3n) is 2.69. The molecule has 0 unspecified atom stereocenters. The van der Waals surface area contributed by atoms with Gasteiger partial charge in [0.15, 0.2) is 0 Å². The molecule has 2 N–H and O–H groups in total. The number of halogens is 1. The lowest BCUT2D eigenvalue weighted by molar-refractivity contribution is 0.102. The summed E-state index contributed by atoms with van der Waals surface area (Å²) < 4.78 is 25.4. The van der Waals surface area contributed by atoms with Crippen molar-refractivity contribution in [2.75, 3.05) is 12.4 Å². The smallest absolute Gasteiger partial charge is 0.258 e. The molecule has 8 heteroatoms. The van der Waals surface area contributed by atoms with Gasteiger partial charge in [-0.05, 0) is 43.4 Å². The van der Waals surface area contributed by atoms with Crippen LogP contribution in [-0.4, -0.2) is 26.4 Å². The Labute approximate surface area is 127 Å². The third kappa shape index (κ3) is 3.57. The number of carbonyl (C=O) groups is 1. The van der Waals surface area contributed by atoms with Gasteiger partial charge >= 0.3 is 0 Å². The molecule has 2 rings (SSSR count). The van der Waals surface area contributed by atoms with Crippen molar-refractivity contribution in [1.29, 1.82) is 0 Å². The number of nitrogens with one attached hydrogen (secondary N) is 2. The molecule has 1 aromatic heterocycles. The maximum Gasteiger partial charge on any atom is 0.258 e. The van der Waals surface area contributed by atoms with E-state index < -0.39 is 15.9 Å². The molecule has 1 amide bonds. The molecule has 0 fully saturated rings. The average Bonchev–Trinajstić information content (AvgIpc) is 2.48. The maximum atomic E-state index is 12.0. The van der Waals surface area contributed by atoms with Gasteiger partial charge in [0, 0.05) is 11.9 Å². The van der Waals surface area contributed by atoms with E-state index in [1.54, 1.807) is 12.1 Å². The van der Waals surface area contributed by atoms with Crippen LogP contribution >= 0.6 is 11.6 Å². The highest BCUT2D eigenvalue weighted by molar-refractivity contribution is 7.89. The van der Waals surface area contributed by atoms with Crippen LogP contribution in [0, 0.1) is 0 Å². The predicted octanol–water partition coefficient (Wildman–Crippen LogP) is 1.90. The molecule has 0 aliphatic carbocycles. The summed E-state index contributed by atoms with van der Waals surface area (Å²) in [5.41, 5.74) is 0.695. The van der Waals surface area contributed by atoms with E-state index in [2.05, 4.69) is 15.0 Å². The van der Waals surface area contributed by atoms with Crippen LogP contribution in [0.25, 0.3) is 0 Å². The number of hydrogen-bond donors (Lipinski definition) is 2. The first-order chi connectivity index (χ1) is 9.94. The highest BCUT2D eigenvalue weighted by Gasteiger charge is 2.13. The molecule has 0 spiro atoms. The lowest BCUT2D eigenvalue weighted by atomic mass is 10.2. The Kier molecular flexibility index (Phi) is 4.56. The van der Waals surface area contributed by atoms with E-state index in [0.29, 0.717) is 5.69 Å². The van der Waals surface area contributed by atoms with E-state index in [0.717, 1.165) is 0 Å². The van der Waals surface area contributed by atoms with E-state index in [-0.39, 0.29) is 15.6 Å². The summed E-state index contributed by atoms with van der Waals surface area (Å²) in [6.45, 7) is 0. The molecular weight excluding hydrogens is 314 g/mol. The zero-order chi connectivity index (χ0) is 15.5. The summed E-state index contributed by atoms with van der Waals surface area (Å²) in [5.74, 6) is -0.419. The maximum absolute atomic E-state index is 12.0. The molecular formula is C13H12ClN3O3S. The molecule has 0 saturated heterocycles. The number of nitrogens with zero attached hydrogens (tertiary/aromatic N) is 1. The van der Waals surface area contributed by atoms with Crippen molar-refractivity contribution in [3.63, 3.8) is 0 Å². The van der Waals surface area contributed by atoms with Crippen LogP contribution in [0.1, 0.15) is 10.4 Å². The number of pyridine rings is 1. The summed E-state index contributed by atoms with van der Waals surface area (Å²) in [6, 6.07) is 8.92. The van der Waals surface area contributed by atoms with Crippen LogP contribution < -0.4 is 10.0 Å². The number of sulfonamides is 1. The van der Waals surface area contributed by atoms with E-state index in [4.69, 9.17) is 11.6 Å². The number of rotatable bonds is 4. The molecule has 0 aliphatic rings. The number of hydrogen-bond acceptors (Lipinski definition) is 4. The van der Waals surface area contributed by atoms with Crippen LogP contribution in [0.5, 0.6) is 0 Å². The van der Waals surface area contributed by atoms with Crippen molar-refractivity contribution in [2.24, 2.45) is 0 Å². The van der Waals surface area contributed by atoms with Crippen molar-refractivity contribution in [3.05, 3.63) is 53.3 Å². The van der Waals surface area contributed by atoms with Crippen LogP contribution in [0.4, 0.5) is 5.69 Å². The first-order valence-electron chi connectivity index (χ1n) is 5.89. The van der Waals surface area contributed by atoms with E-state index >= 15 is 0 Å². The number of aromatic nitrogens is 1. The second kappa shape index (κ2) is 6.21. The first-order valence-corrected chi connectivity index (χ1v) is 7.75. The summed E-state index contributed by atoms with van der Waals surface area (Å²) in [6.07, 6.45) is 1.48. The normalized spacial score (nSPS) is 11.1. The molecule has 0 saturated carbocycles. The van der Waals surface area contributed by atoms with Gasteiger partial charge in [-0.25, -0.2) is 18.1 Å². The largest absolute Gasteiger partial charge is 0.322 e. The topological polar surface area (TPSA) is 88.2 Å². The summed E-state index contributed by atoms with van der Waals surface area (Å²) >= 11 is 5.83. The van der Waals surface area contributed by atoms with Crippen LogP contribution in [0.15, 0.2) is 47.5 Å². The number of benzene rings is 1. The van der Waals surface area contributed by atoms with E-state index in [1.165, 1.54) is 37.5 Å². The number of carbonyl (C=O) groups excluding carboxylic acids is 1. The number of amides is 1. The molecule has 2 aromatic rings. The highest BCUT2D eigenvalue weighted by atomic mass is 35.5. The third-order valence-corrected chi connectivity index (χ3v) is 4.43. The van der Waals surface area contributed by atoms with Gasteiger partial charge < -0.3 is 5.32 Å². The second-order valence-electron chi connectivity index (χ2n) is 4.03. The standard InChI is InChI=1S/C13H12ClN3O3S/c1-15-21(19,20)10-6-4-9(5-7-10)17-13(18)11-3-2-8-16-12(11)14/h2-8,15H,1H3,(H,17,18). The van der Waals surface area contributed by atoms with Gasteiger partial charge in [-0.1, -0.05) is 11.6 Å². The highest BCUT2D eigenvalue weighted by Crippen LogP contribution is 2.17. The minimum absolute atomic E-state index is 0.101. The molecule has 0 aliphatic heterocycles. The Morgan fingerprint density at radius 2 is 1.86 bits per heavy atom. The van der Waals surface area contributed by atoms with Crippen LogP contribution in [0.3, 0.4) is 0 Å². The van der Waals surface area contributed by atoms with Crippen molar-refractivity contribution in [3.8, 4) is 0 Å². The van der Waals surface area contributed by atoms with Gasteiger partial charge in [0.2, 0.25) is 10.0 Å². The Hall–Kier alpha value is -1.96. The minimum Gasteiger partial charge on any atom is -0.322 e. The van der Waals surface area contributed by atoms with Crippen molar-refractivity contribution < 1.29 is 13.2 Å². The fraction of sp³-hybridized carbons (Fsp3) is 0.0769. The van der Waals surface area contributed by atoms with Crippen molar-refractivity contribution >= 4 is 33.2 Å². The van der Waals surface area contributed by atoms with Gasteiger partial charge in [-0.15, -0.1) is 0 Å². The van der Waals surface area contributed by atoms with Gasteiger partial charge in [0.25, 0.3) is 5.91 Å². The second-order valence-corrected chi connectivity index (χ2v) is 6.27. The number of anilines is 1. The fourth-order valence-corrected chi connectivity index (χ4v) is 2.52. The lowest BCUT2D eigenvalue weighted by Crippen LogP contribution is -2.18. The summed E-state index contributed by atoms with van der Waals surface area (Å²) in [5, 5.41) is 2.72. The molecule has 0 atom stereocenters. The van der Waals surface area contributed by atoms with Gasteiger partial charge in [-0.3, -0.25) is 4.79 Å². The van der Waals surface area contributed by atoms with E-state index in [1.807, 2.05) is 0 Å². The van der Waals surface area contributed by atoms with Crippen LogP contribution in [-0.2, 0) is 10.0 Å². The Morgan fingerprint density at radius 1 is 1.19 bits per heavy atom. The zero-order valence-corrected chi connectivity index (χ0v) is 12.6. The Balaban J connectivity index is 2.18. The monoisotopic (exact) mass is 325 g/mol. The summed E-state index contributed by atoms with van der Waals surface area (Å²) in [4.78, 5) is 15.9. The van der Waals surface area contributed by atoms with Crippen molar-refractivity contribution in [1.82, 2.24) is 9.71 Å². The molecule has 6 nitrogen and oxygen atoms in total. The van der Waals surface area contributed by atoms with Gasteiger partial charge in [0.1, 0.15) is 5.15 Å². The fourth-order valence-electron chi connectivity index (χ4n) is 1.59. The van der Waals surface area contributed by atoms with Crippen LogP contribution in [0.2, 0.25) is 5.15 Å². The molecule has 0 radical (unpaired) electrons. The Bertz CT molecular complexity index is 760. The van der Waals surface area contributed by atoms with E-state index in [9.17, 15) is 13.2 Å². The molecule has 1 heterocycles. The van der Waals surface area contributed by atoms with Crippen molar-refractivity contribution in [2.45, 2.75) is 4.90 Å². The summed E-state index contributed by atoms with van der Waals surface area (Å²) in [7, 11) is -2.17. The average molecular weight is 326 g/mol. The lowest BCUT2D eigenvalue weighted by Gasteiger charge is -2.07. The molecule has 110 valence electrons. The van der Waals surface area contributed by atoms with Gasteiger partial charge in [-0.2, -0.15) is 0 Å². The Morgan fingerprint density at radius 3 is 2.43 bits per heavy atom. The molecule has 0 bridgehead atoms.